The average Bonchev–Trinajstić information content (AvgIpc) is 2.78. The molecule has 6 nitrogen and oxygen atoms in total. The van der Waals surface area contributed by atoms with E-state index in [1.54, 1.807) is 19.9 Å². The molecule has 1 aromatic heterocycles. The van der Waals surface area contributed by atoms with Crippen LogP contribution in [0.2, 0.25) is 0 Å². The molecule has 0 aliphatic heterocycles. The van der Waals surface area contributed by atoms with Gasteiger partial charge in [0.25, 0.3) is 0 Å². The Bertz CT molecular complexity index is 811. The van der Waals surface area contributed by atoms with Crippen molar-refractivity contribution in [3.63, 3.8) is 0 Å². The lowest BCUT2D eigenvalue weighted by Crippen LogP contribution is -2.26. The molecule has 124 valence electrons. The van der Waals surface area contributed by atoms with Gasteiger partial charge in [-0.3, -0.25) is 9.89 Å². The van der Waals surface area contributed by atoms with Gasteiger partial charge in [0.05, 0.1) is 22.3 Å². The van der Waals surface area contributed by atoms with Gasteiger partial charge in [-0.2, -0.15) is 5.10 Å². The Morgan fingerprint density at radius 3 is 2.57 bits per heavy atom. The Balaban J connectivity index is 2.15. The van der Waals surface area contributed by atoms with Crippen LogP contribution in [0.5, 0.6) is 0 Å². The summed E-state index contributed by atoms with van der Waals surface area (Å²) in [6.45, 7) is 4.77. The molecule has 2 rings (SSSR count). The molecular formula is C15H18FN3O3S. The monoisotopic (exact) mass is 339 g/mol. The Kier molecular flexibility index (Phi) is 4.84. The molecule has 1 heterocycles. The Labute approximate surface area is 134 Å². The van der Waals surface area contributed by atoms with Crippen LogP contribution in [-0.4, -0.2) is 30.3 Å². The minimum atomic E-state index is -3.85. The summed E-state index contributed by atoms with van der Waals surface area (Å²) in [4.78, 5) is 12.0. The number of H-pyrrole nitrogens is 1. The van der Waals surface area contributed by atoms with Crippen LogP contribution < -0.4 is 5.32 Å². The highest BCUT2D eigenvalue weighted by Crippen LogP contribution is 2.25. The molecule has 0 aliphatic carbocycles. The van der Waals surface area contributed by atoms with Gasteiger partial charge in [0, 0.05) is 5.56 Å². The smallest absolute Gasteiger partial charge is 0.239 e. The third-order valence-electron chi connectivity index (χ3n) is 3.61. The standard InChI is InChI=1S/C15H18FN3O3S/c1-9-15(10(2)19-18-9)17-14(20)8-23(21,22)11(3)12-6-4-5-7-13(12)16/h4-7,11H,8H2,1-3H3,(H,17,20)(H,18,19). The molecule has 1 aromatic carbocycles. The number of hydrogen-bond donors (Lipinski definition) is 2. The molecular weight excluding hydrogens is 321 g/mol. The van der Waals surface area contributed by atoms with Gasteiger partial charge >= 0.3 is 0 Å². The van der Waals surface area contributed by atoms with Crippen molar-refractivity contribution >= 4 is 21.4 Å². The van der Waals surface area contributed by atoms with Crippen LogP contribution in [-0.2, 0) is 14.6 Å². The maximum absolute atomic E-state index is 13.7. The first-order valence-corrected chi connectivity index (χ1v) is 8.71. The molecule has 0 radical (unpaired) electrons. The summed E-state index contributed by atoms with van der Waals surface area (Å²) in [6, 6.07) is 5.64. The largest absolute Gasteiger partial charge is 0.322 e. The van der Waals surface area contributed by atoms with Crippen molar-refractivity contribution in [3.8, 4) is 0 Å². The van der Waals surface area contributed by atoms with Gasteiger partial charge in [0.1, 0.15) is 11.6 Å². The second-order valence-corrected chi connectivity index (χ2v) is 7.65. The topological polar surface area (TPSA) is 91.9 Å². The molecule has 1 unspecified atom stereocenters. The second-order valence-electron chi connectivity index (χ2n) is 5.33. The maximum atomic E-state index is 13.7. The van der Waals surface area contributed by atoms with Crippen molar-refractivity contribution in [1.29, 1.82) is 0 Å². The highest BCUT2D eigenvalue weighted by molar-refractivity contribution is 7.92. The van der Waals surface area contributed by atoms with Crippen molar-refractivity contribution in [2.24, 2.45) is 0 Å². The van der Waals surface area contributed by atoms with Crippen LogP contribution in [0.3, 0.4) is 0 Å². The van der Waals surface area contributed by atoms with E-state index in [0.717, 1.165) is 0 Å². The van der Waals surface area contributed by atoms with Crippen molar-refractivity contribution in [2.75, 3.05) is 11.1 Å². The summed E-state index contributed by atoms with van der Waals surface area (Å²) in [5.41, 5.74) is 1.71. The predicted molar refractivity (Wildman–Crippen MR) is 85.3 cm³/mol. The number of benzene rings is 1. The zero-order valence-corrected chi connectivity index (χ0v) is 13.9. The maximum Gasteiger partial charge on any atom is 0.239 e. The highest BCUT2D eigenvalue weighted by Gasteiger charge is 2.28. The minimum absolute atomic E-state index is 0.0518. The van der Waals surface area contributed by atoms with Crippen LogP contribution >= 0.6 is 0 Å². The molecule has 8 heteroatoms. The highest BCUT2D eigenvalue weighted by atomic mass is 32.2. The number of carbonyl (C=O) groups excluding carboxylic acids is 1. The van der Waals surface area contributed by atoms with Crippen molar-refractivity contribution < 1.29 is 17.6 Å². The number of aromatic amines is 1. The van der Waals surface area contributed by atoms with Crippen molar-refractivity contribution in [1.82, 2.24) is 10.2 Å². The van der Waals surface area contributed by atoms with E-state index in [4.69, 9.17) is 0 Å². The Morgan fingerprint density at radius 2 is 2.00 bits per heavy atom. The fourth-order valence-corrected chi connectivity index (χ4v) is 3.48. The van der Waals surface area contributed by atoms with Crippen molar-refractivity contribution in [2.45, 2.75) is 26.0 Å². The lowest BCUT2D eigenvalue weighted by molar-refractivity contribution is -0.113. The molecule has 1 amide bonds. The Hall–Kier alpha value is -2.22. The van der Waals surface area contributed by atoms with Gasteiger partial charge in [-0.05, 0) is 26.8 Å². The minimum Gasteiger partial charge on any atom is -0.322 e. The molecule has 0 bridgehead atoms. The second kappa shape index (κ2) is 6.49. The summed E-state index contributed by atoms with van der Waals surface area (Å²) in [5, 5.41) is 8.04. The van der Waals surface area contributed by atoms with Crippen LogP contribution in [0.15, 0.2) is 24.3 Å². The molecule has 2 N–H and O–H groups in total. The third-order valence-corrected chi connectivity index (χ3v) is 5.60. The summed E-state index contributed by atoms with van der Waals surface area (Å²) >= 11 is 0. The predicted octanol–water partition coefficient (Wildman–Crippen LogP) is 2.28. The number of aromatic nitrogens is 2. The van der Waals surface area contributed by atoms with E-state index in [1.165, 1.54) is 25.1 Å². The number of carbonyl (C=O) groups is 1. The summed E-state index contributed by atoms with van der Waals surface area (Å²) < 4.78 is 38.4. The molecule has 0 saturated carbocycles. The average molecular weight is 339 g/mol. The molecule has 2 aromatic rings. The number of nitrogens with one attached hydrogen (secondary N) is 2. The number of sulfone groups is 1. The zero-order valence-electron chi connectivity index (χ0n) is 13.1. The number of halogens is 1. The van der Waals surface area contributed by atoms with Crippen LogP contribution in [0, 0.1) is 19.7 Å². The number of hydrogen-bond acceptors (Lipinski definition) is 4. The van der Waals surface area contributed by atoms with Crippen LogP contribution in [0.1, 0.15) is 29.1 Å². The number of anilines is 1. The van der Waals surface area contributed by atoms with Crippen molar-refractivity contribution in [3.05, 3.63) is 47.0 Å². The first-order chi connectivity index (χ1) is 10.7. The molecule has 0 saturated heterocycles. The van der Waals surface area contributed by atoms with E-state index in [2.05, 4.69) is 15.5 Å². The summed E-state index contributed by atoms with van der Waals surface area (Å²) in [5.74, 6) is -2.02. The normalized spacial score (nSPS) is 12.9. The van der Waals surface area contributed by atoms with E-state index >= 15 is 0 Å². The number of aryl methyl sites for hydroxylation is 2. The van der Waals surface area contributed by atoms with E-state index in [9.17, 15) is 17.6 Å². The van der Waals surface area contributed by atoms with E-state index in [-0.39, 0.29) is 5.56 Å². The van der Waals surface area contributed by atoms with Gasteiger partial charge in [-0.15, -0.1) is 0 Å². The summed E-state index contributed by atoms with van der Waals surface area (Å²) in [6.07, 6.45) is 0. The number of rotatable bonds is 5. The fourth-order valence-electron chi connectivity index (χ4n) is 2.22. The SMILES string of the molecule is Cc1n[nH]c(C)c1NC(=O)CS(=O)(=O)C(C)c1ccccc1F. The molecule has 0 fully saturated rings. The third kappa shape index (κ3) is 3.76. The first kappa shape index (κ1) is 17.1. The number of amides is 1. The Morgan fingerprint density at radius 1 is 1.35 bits per heavy atom. The molecule has 1 atom stereocenters. The van der Waals surface area contributed by atoms with Gasteiger partial charge in [0.2, 0.25) is 5.91 Å². The zero-order chi connectivity index (χ0) is 17.2. The van der Waals surface area contributed by atoms with Gasteiger partial charge in [-0.1, -0.05) is 18.2 Å². The van der Waals surface area contributed by atoms with Crippen LogP contribution in [0.25, 0.3) is 0 Å². The summed E-state index contributed by atoms with van der Waals surface area (Å²) in [7, 11) is -3.85. The van der Waals surface area contributed by atoms with E-state index in [0.29, 0.717) is 17.1 Å². The molecule has 23 heavy (non-hydrogen) atoms. The first-order valence-electron chi connectivity index (χ1n) is 6.99. The van der Waals surface area contributed by atoms with E-state index in [1.807, 2.05) is 0 Å². The quantitative estimate of drug-likeness (QED) is 0.874. The van der Waals surface area contributed by atoms with Gasteiger partial charge < -0.3 is 5.32 Å². The van der Waals surface area contributed by atoms with E-state index < -0.39 is 32.6 Å². The number of nitrogens with zero attached hydrogens (tertiary/aromatic N) is 1. The molecule has 0 spiro atoms. The fraction of sp³-hybridized carbons (Fsp3) is 0.333. The lowest BCUT2D eigenvalue weighted by Gasteiger charge is -2.14. The van der Waals surface area contributed by atoms with Gasteiger partial charge in [-0.25, -0.2) is 12.8 Å². The van der Waals surface area contributed by atoms with Crippen LogP contribution in [0.4, 0.5) is 10.1 Å². The van der Waals surface area contributed by atoms with Gasteiger partial charge in [0.15, 0.2) is 9.84 Å². The lowest BCUT2D eigenvalue weighted by atomic mass is 10.1. The molecule has 0 aliphatic rings.